The highest BCUT2D eigenvalue weighted by Crippen LogP contribution is 2.31. The predicted molar refractivity (Wildman–Crippen MR) is 132 cm³/mol. The minimum absolute atomic E-state index is 0.276. The van der Waals surface area contributed by atoms with Crippen LogP contribution in [0.25, 0.3) is 5.69 Å². The molecule has 1 unspecified atom stereocenters. The van der Waals surface area contributed by atoms with E-state index >= 15 is 0 Å². The minimum atomic E-state index is -0.276. The van der Waals surface area contributed by atoms with Crippen molar-refractivity contribution in [1.29, 1.82) is 0 Å². The van der Waals surface area contributed by atoms with Crippen LogP contribution in [0.2, 0.25) is 5.02 Å². The van der Waals surface area contributed by atoms with Gasteiger partial charge in [-0.25, -0.2) is 0 Å². The molecule has 1 aromatic heterocycles. The molecule has 4 nitrogen and oxygen atoms in total. The van der Waals surface area contributed by atoms with Crippen LogP contribution in [-0.2, 0) is 5.75 Å². The summed E-state index contributed by atoms with van der Waals surface area (Å²) in [5.41, 5.74) is 3.35. The smallest absolute Gasteiger partial charge is 0.196 e. The van der Waals surface area contributed by atoms with E-state index in [0.29, 0.717) is 11.7 Å². The number of halogens is 1. The fourth-order valence-electron chi connectivity index (χ4n) is 3.40. The van der Waals surface area contributed by atoms with Crippen molar-refractivity contribution in [3.05, 3.63) is 101 Å². The molecule has 4 aromatic rings. The number of thioether (sulfide) groups is 1. The minimum Gasteiger partial charge on any atom is -0.483 e. The monoisotopic (exact) mass is 463 g/mol. The van der Waals surface area contributed by atoms with Gasteiger partial charge in [0.15, 0.2) is 17.1 Å². The van der Waals surface area contributed by atoms with Gasteiger partial charge in [0.05, 0.1) is 0 Å². The fraction of sp³-hybridized carbons (Fsp3) is 0.231. The predicted octanol–water partition coefficient (Wildman–Crippen LogP) is 7.48. The van der Waals surface area contributed by atoms with Crippen molar-refractivity contribution in [2.45, 2.75) is 43.7 Å². The molecule has 6 heteroatoms. The van der Waals surface area contributed by atoms with E-state index in [4.69, 9.17) is 16.3 Å². The van der Waals surface area contributed by atoms with E-state index < -0.39 is 0 Å². The molecule has 164 valence electrons. The zero-order chi connectivity index (χ0) is 22.5. The number of para-hydroxylation sites is 1. The maximum Gasteiger partial charge on any atom is 0.196 e. The van der Waals surface area contributed by atoms with E-state index in [9.17, 15) is 0 Å². The van der Waals surface area contributed by atoms with Crippen molar-refractivity contribution in [2.75, 3.05) is 0 Å². The SMILES string of the molecule is CC(C)c1ccc(OC(C)c2nnc(SCc3ccccc3Cl)n2-c2ccccc2)cc1. The molecule has 0 aliphatic carbocycles. The average molecular weight is 464 g/mol. The molecule has 0 spiro atoms. The average Bonchev–Trinajstić information content (AvgIpc) is 3.23. The summed E-state index contributed by atoms with van der Waals surface area (Å²) in [4.78, 5) is 0. The molecule has 3 aromatic carbocycles. The van der Waals surface area contributed by atoms with Gasteiger partial charge in [-0.15, -0.1) is 10.2 Å². The van der Waals surface area contributed by atoms with E-state index in [1.807, 2.05) is 61.5 Å². The summed E-state index contributed by atoms with van der Waals surface area (Å²) in [7, 11) is 0. The van der Waals surface area contributed by atoms with Gasteiger partial charge in [-0.3, -0.25) is 4.57 Å². The van der Waals surface area contributed by atoms with Gasteiger partial charge in [0, 0.05) is 16.5 Å². The Morgan fingerprint density at radius 1 is 0.875 bits per heavy atom. The Labute approximate surface area is 198 Å². The summed E-state index contributed by atoms with van der Waals surface area (Å²) in [5.74, 6) is 2.76. The summed E-state index contributed by atoms with van der Waals surface area (Å²) in [6, 6.07) is 26.3. The standard InChI is InChI=1S/C26H26ClN3OS/c1-18(2)20-13-15-23(16-14-20)31-19(3)25-28-29-26(30(25)22-10-5-4-6-11-22)32-17-21-9-7-8-12-24(21)27/h4-16,18-19H,17H2,1-3H3. The van der Waals surface area contributed by atoms with Crippen LogP contribution in [0.15, 0.2) is 84.0 Å². The van der Waals surface area contributed by atoms with Crippen LogP contribution < -0.4 is 4.74 Å². The van der Waals surface area contributed by atoms with Crippen LogP contribution in [0.1, 0.15) is 49.7 Å². The molecule has 0 saturated heterocycles. The number of hydrogen-bond acceptors (Lipinski definition) is 4. The zero-order valence-electron chi connectivity index (χ0n) is 18.4. The van der Waals surface area contributed by atoms with Crippen LogP contribution in [0.5, 0.6) is 5.75 Å². The van der Waals surface area contributed by atoms with Crippen LogP contribution in [-0.4, -0.2) is 14.8 Å². The summed E-state index contributed by atoms with van der Waals surface area (Å²) in [6.07, 6.45) is -0.276. The van der Waals surface area contributed by atoms with Gasteiger partial charge in [0.1, 0.15) is 5.75 Å². The van der Waals surface area contributed by atoms with Crippen molar-refractivity contribution in [2.24, 2.45) is 0 Å². The molecule has 1 heterocycles. The van der Waals surface area contributed by atoms with Gasteiger partial charge < -0.3 is 4.74 Å². The largest absolute Gasteiger partial charge is 0.483 e. The third-order valence-corrected chi connectivity index (χ3v) is 6.56. The molecule has 1 atom stereocenters. The number of nitrogens with zero attached hydrogens (tertiary/aromatic N) is 3. The molecule has 0 saturated carbocycles. The highest BCUT2D eigenvalue weighted by atomic mass is 35.5. The molecular formula is C26H26ClN3OS. The number of hydrogen-bond donors (Lipinski definition) is 0. The summed E-state index contributed by atoms with van der Waals surface area (Å²) in [5, 5.41) is 10.6. The maximum absolute atomic E-state index is 6.35. The maximum atomic E-state index is 6.35. The van der Waals surface area contributed by atoms with E-state index in [1.54, 1.807) is 11.8 Å². The number of rotatable bonds is 8. The summed E-state index contributed by atoms with van der Waals surface area (Å²) >= 11 is 7.96. The first-order valence-electron chi connectivity index (χ1n) is 10.7. The molecule has 0 radical (unpaired) electrons. The Kier molecular flexibility index (Phi) is 7.18. The first-order chi connectivity index (χ1) is 15.5. The van der Waals surface area contributed by atoms with Gasteiger partial charge in [-0.2, -0.15) is 0 Å². The third-order valence-electron chi connectivity index (χ3n) is 5.21. The van der Waals surface area contributed by atoms with Crippen LogP contribution in [0.4, 0.5) is 0 Å². The lowest BCUT2D eigenvalue weighted by molar-refractivity contribution is 0.213. The molecular weight excluding hydrogens is 438 g/mol. The normalized spacial score (nSPS) is 12.2. The second-order valence-electron chi connectivity index (χ2n) is 7.88. The zero-order valence-corrected chi connectivity index (χ0v) is 20.0. The van der Waals surface area contributed by atoms with Crippen molar-refractivity contribution in [3.8, 4) is 11.4 Å². The molecule has 0 aliphatic heterocycles. The highest BCUT2D eigenvalue weighted by molar-refractivity contribution is 7.98. The van der Waals surface area contributed by atoms with Gasteiger partial charge in [-0.05, 0) is 54.3 Å². The van der Waals surface area contributed by atoms with E-state index in [-0.39, 0.29) is 6.10 Å². The Morgan fingerprint density at radius 2 is 1.56 bits per heavy atom. The topological polar surface area (TPSA) is 39.9 Å². The molecule has 4 rings (SSSR count). The molecule has 0 amide bonds. The Balaban J connectivity index is 1.60. The number of benzene rings is 3. The molecule has 0 N–H and O–H groups in total. The Bertz CT molecular complexity index is 1160. The summed E-state index contributed by atoms with van der Waals surface area (Å²) < 4.78 is 8.30. The van der Waals surface area contributed by atoms with Gasteiger partial charge in [0.2, 0.25) is 0 Å². The highest BCUT2D eigenvalue weighted by Gasteiger charge is 2.21. The number of ether oxygens (including phenoxy) is 1. The lowest BCUT2D eigenvalue weighted by Gasteiger charge is -2.17. The quantitative estimate of drug-likeness (QED) is 0.254. The first kappa shape index (κ1) is 22.4. The lowest BCUT2D eigenvalue weighted by Crippen LogP contribution is -2.11. The van der Waals surface area contributed by atoms with Crippen molar-refractivity contribution in [3.63, 3.8) is 0 Å². The van der Waals surface area contributed by atoms with Gasteiger partial charge in [0.25, 0.3) is 0 Å². The fourth-order valence-corrected chi connectivity index (χ4v) is 4.65. The Hall–Kier alpha value is -2.76. The van der Waals surface area contributed by atoms with Crippen molar-refractivity contribution >= 4 is 23.4 Å². The van der Waals surface area contributed by atoms with Crippen molar-refractivity contribution in [1.82, 2.24) is 14.8 Å². The molecule has 32 heavy (non-hydrogen) atoms. The van der Waals surface area contributed by atoms with Crippen LogP contribution >= 0.6 is 23.4 Å². The van der Waals surface area contributed by atoms with E-state index in [2.05, 4.69) is 52.9 Å². The molecule has 0 bridgehead atoms. The first-order valence-corrected chi connectivity index (χ1v) is 12.0. The van der Waals surface area contributed by atoms with Gasteiger partial charge >= 0.3 is 0 Å². The second kappa shape index (κ2) is 10.2. The number of aromatic nitrogens is 3. The van der Waals surface area contributed by atoms with Gasteiger partial charge in [-0.1, -0.05) is 85.7 Å². The van der Waals surface area contributed by atoms with Crippen LogP contribution in [0, 0.1) is 0 Å². The third kappa shape index (κ3) is 5.17. The van der Waals surface area contributed by atoms with Crippen molar-refractivity contribution < 1.29 is 4.74 Å². The van der Waals surface area contributed by atoms with E-state index in [0.717, 1.165) is 33.0 Å². The van der Waals surface area contributed by atoms with Crippen LogP contribution in [0.3, 0.4) is 0 Å². The van der Waals surface area contributed by atoms with E-state index in [1.165, 1.54) is 5.56 Å². The Morgan fingerprint density at radius 3 is 2.25 bits per heavy atom. The lowest BCUT2D eigenvalue weighted by atomic mass is 10.0. The molecule has 0 aliphatic rings. The summed E-state index contributed by atoms with van der Waals surface area (Å²) in [6.45, 7) is 6.37. The molecule has 0 fully saturated rings. The second-order valence-corrected chi connectivity index (χ2v) is 9.23.